The second-order valence-electron chi connectivity index (χ2n) is 6.83. The van der Waals surface area contributed by atoms with Crippen molar-refractivity contribution in [2.24, 2.45) is 0 Å². The Morgan fingerprint density at radius 3 is 2.55 bits per heavy atom. The van der Waals surface area contributed by atoms with Crippen molar-refractivity contribution in [3.05, 3.63) is 72.1 Å². The Bertz CT molecular complexity index is 960. The van der Waals surface area contributed by atoms with Gasteiger partial charge in [0.05, 0.1) is 5.69 Å². The number of nitrogens with one attached hydrogen (secondary N) is 1. The van der Waals surface area contributed by atoms with Crippen molar-refractivity contribution in [1.29, 1.82) is 0 Å². The summed E-state index contributed by atoms with van der Waals surface area (Å²) >= 11 is 0. The molecular formula is C23H26N4O2. The highest BCUT2D eigenvalue weighted by molar-refractivity contribution is 5.92. The number of para-hydroxylation sites is 3. The molecule has 0 saturated carbocycles. The third kappa shape index (κ3) is 5.54. The monoisotopic (exact) mass is 390 g/mol. The summed E-state index contributed by atoms with van der Waals surface area (Å²) in [5, 5.41) is 3.19. The van der Waals surface area contributed by atoms with Crippen LogP contribution >= 0.6 is 0 Å². The zero-order valence-electron chi connectivity index (χ0n) is 17.1. The maximum Gasteiger partial charge on any atom is 0.272 e. The number of anilines is 2. The number of nitrogens with zero attached hydrogens (tertiary/aromatic N) is 3. The van der Waals surface area contributed by atoms with Crippen LogP contribution in [0.4, 0.5) is 11.6 Å². The molecule has 0 aliphatic carbocycles. The number of unbranched alkanes of at least 4 members (excludes halogenated alkanes) is 1. The molecule has 150 valence electrons. The van der Waals surface area contributed by atoms with Crippen LogP contribution < -0.4 is 10.1 Å². The van der Waals surface area contributed by atoms with Gasteiger partial charge in [-0.1, -0.05) is 43.7 Å². The number of aryl methyl sites for hydroxylation is 1. The van der Waals surface area contributed by atoms with E-state index in [0.717, 1.165) is 30.0 Å². The van der Waals surface area contributed by atoms with Crippen LogP contribution in [0.15, 0.2) is 60.7 Å². The van der Waals surface area contributed by atoms with Crippen LogP contribution in [0.2, 0.25) is 0 Å². The van der Waals surface area contributed by atoms with E-state index in [2.05, 4.69) is 22.2 Å². The molecule has 0 saturated heterocycles. The number of hydrogen-bond donors (Lipinski definition) is 1. The van der Waals surface area contributed by atoms with Crippen LogP contribution in [0.3, 0.4) is 0 Å². The molecule has 6 heteroatoms. The zero-order valence-corrected chi connectivity index (χ0v) is 17.1. The summed E-state index contributed by atoms with van der Waals surface area (Å²) in [6.45, 7) is 4.65. The summed E-state index contributed by atoms with van der Waals surface area (Å²) in [7, 11) is 1.80. The van der Waals surface area contributed by atoms with Crippen LogP contribution in [0.1, 0.15) is 35.9 Å². The van der Waals surface area contributed by atoms with Crippen molar-refractivity contribution in [2.75, 3.05) is 18.9 Å². The molecule has 0 atom stereocenters. The average Bonchev–Trinajstić information content (AvgIpc) is 2.73. The third-order valence-electron chi connectivity index (χ3n) is 4.37. The van der Waals surface area contributed by atoms with E-state index >= 15 is 0 Å². The topological polar surface area (TPSA) is 67.4 Å². The molecule has 0 aliphatic heterocycles. The van der Waals surface area contributed by atoms with Gasteiger partial charge in [-0.15, -0.1) is 0 Å². The van der Waals surface area contributed by atoms with E-state index in [4.69, 9.17) is 4.74 Å². The van der Waals surface area contributed by atoms with Gasteiger partial charge in [-0.05, 0) is 43.7 Å². The van der Waals surface area contributed by atoms with Crippen LogP contribution in [-0.4, -0.2) is 34.4 Å². The van der Waals surface area contributed by atoms with E-state index < -0.39 is 0 Å². The highest BCUT2D eigenvalue weighted by Gasteiger charge is 2.16. The quantitative estimate of drug-likeness (QED) is 0.573. The number of benzene rings is 2. The third-order valence-corrected chi connectivity index (χ3v) is 4.37. The largest absolute Gasteiger partial charge is 0.455 e. The van der Waals surface area contributed by atoms with Gasteiger partial charge >= 0.3 is 0 Å². The molecule has 3 rings (SSSR count). The predicted molar refractivity (Wildman–Crippen MR) is 115 cm³/mol. The molecule has 2 aromatic carbocycles. The fourth-order valence-electron chi connectivity index (χ4n) is 2.82. The Morgan fingerprint density at radius 1 is 1.07 bits per heavy atom. The number of carbonyl (C=O) groups is 1. The van der Waals surface area contributed by atoms with E-state index in [0.29, 0.717) is 23.9 Å². The average molecular weight is 390 g/mol. The Labute approximate surface area is 171 Å². The molecule has 1 amide bonds. The summed E-state index contributed by atoms with van der Waals surface area (Å²) in [6.07, 6.45) is 1.99. The van der Waals surface area contributed by atoms with Gasteiger partial charge < -0.3 is 15.0 Å². The minimum Gasteiger partial charge on any atom is -0.455 e. The number of ether oxygens (including phenoxy) is 1. The SMILES string of the molecule is CCCCN(C)C(=O)c1cc(C)nc(Nc2ccccc2Oc2ccccc2)n1. The molecular weight excluding hydrogens is 364 g/mol. The molecule has 1 N–H and O–H groups in total. The van der Waals surface area contributed by atoms with Crippen molar-refractivity contribution in [3.63, 3.8) is 0 Å². The Balaban J connectivity index is 1.82. The van der Waals surface area contributed by atoms with E-state index in [1.165, 1.54) is 0 Å². The summed E-state index contributed by atoms with van der Waals surface area (Å²) in [5.74, 6) is 1.64. The molecule has 6 nitrogen and oxygen atoms in total. The van der Waals surface area contributed by atoms with E-state index in [-0.39, 0.29) is 5.91 Å². The first kappa shape index (κ1) is 20.3. The molecule has 0 bridgehead atoms. The van der Waals surface area contributed by atoms with Gasteiger partial charge in [0.2, 0.25) is 5.95 Å². The standard InChI is InChI=1S/C23H26N4O2/c1-4-5-15-27(3)22(28)20-16-17(2)24-23(26-20)25-19-13-9-10-14-21(19)29-18-11-7-6-8-12-18/h6-14,16H,4-5,15H2,1-3H3,(H,24,25,26). The predicted octanol–water partition coefficient (Wildman–Crippen LogP) is 5.19. The molecule has 0 radical (unpaired) electrons. The number of amides is 1. The molecule has 0 fully saturated rings. The van der Waals surface area contributed by atoms with Gasteiger partial charge in [-0.2, -0.15) is 0 Å². The van der Waals surface area contributed by atoms with E-state index in [9.17, 15) is 4.79 Å². The van der Waals surface area contributed by atoms with Gasteiger partial charge in [0.15, 0.2) is 5.75 Å². The summed E-state index contributed by atoms with van der Waals surface area (Å²) < 4.78 is 5.98. The summed E-state index contributed by atoms with van der Waals surface area (Å²) in [6, 6.07) is 18.8. The van der Waals surface area contributed by atoms with Gasteiger partial charge in [-0.3, -0.25) is 4.79 Å². The minimum atomic E-state index is -0.110. The lowest BCUT2D eigenvalue weighted by Crippen LogP contribution is -2.28. The summed E-state index contributed by atoms with van der Waals surface area (Å²) in [5.41, 5.74) is 1.82. The van der Waals surface area contributed by atoms with Crippen molar-refractivity contribution >= 4 is 17.5 Å². The van der Waals surface area contributed by atoms with Crippen molar-refractivity contribution in [1.82, 2.24) is 14.9 Å². The Hall–Kier alpha value is -3.41. The van der Waals surface area contributed by atoms with Crippen molar-refractivity contribution in [3.8, 4) is 11.5 Å². The first-order valence-corrected chi connectivity index (χ1v) is 9.77. The molecule has 3 aromatic rings. The van der Waals surface area contributed by atoms with Crippen LogP contribution in [0.5, 0.6) is 11.5 Å². The van der Waals surface area contributed by atoms with Gasteiger partial charge in [0, 0.05) is 19.3 Å². The summed E-state index contributed by atoms with van der Waals surface area (Å²) in [4.78, 5) is 23.3. The maximum absolute atomic E-state index is 12.7. The zero-order chi connectivity index (χ0) is 20.6. The van der Waals surface area contributed by atoms with Crippen LogP contribution in [0.25, 0.3) is 0 Å². The van der Waals surface area contributed by atoms with Crippen LogP contribution in [-0.2, 0) is 0 Å². The van der Waals surface area contributed by atoms with Gasteiger partial charge in [0.25, 0.3) is 5.91 Å². The number of carbonyl (C=O) groups excluding carboxylic acids is 1. The van der Waals surface area contributed by atoms with Gasteiger partial charge in [-0.25, -0.2) is 9.97 Å². The number of aromatic nitrogens is 2. The van der Waals surface area contributed by atoms with Gasteiger partial charge in [0.1, 0.15) is 11.4 Å². The maximum atomic E-state index is 12.7. The lowest BCUT2D eigenvalue weighted by atomic mass is 10.2. The highest BCUT2D eigenvalue weighted by atomic mass is 16.5. The molecule has 29 heavy (non-hydrogen) atoms. The van der Waals surface area contributed by atoms with Crippen molar-refractivity contribution in [2.45, 2.75) is 26.7 Å². The normalized spacial score (nSPS) is 10.4. The van der Waals surface area contributed by atoms with Crippen LogP contribution in [0, 0.1) is 6.92 Å². The van der Waals surface area contributed by atoms with E-state index in [1.54, 1.807) is 18.0 Å². The number of rotatable bonds is 8. The molecule has 1 aromatic heterocycles. The number of hydrogen-bond acceptors (Lipinski definition) is 5. The fourth-order valence-corrected chi connectivity index (χ4v) is 2.82. The molecule has 1 heterocycles. The lowest BCUT2D eigenvalue weighted by molar-refractivity contribution is 0.0787. The smallest absolute Gasteiger partial charge is 0.272 e. The second-order valence-corrected chi connectivity index (χ2v) is 6.83. The molecule has 0 aliphatic rings. The lowest BCUT2D eigenvalue weighted by Gasteiger charge is -2.17. The first-order valence-electron chi connectivity index (χ1n) is 9.77. The molecule has 0 unspecified atom stereocenters. The second kappa shape index (κ2) is 9.68. The Morgan fingerprint density at radius 2 is 1.79 bits per heavy atom. The van der Waals surface area contributed by atoms with Crippen molar-refractivity contribution < 1.29 is 9.53 Å². The van der Waals surface area contributed by atoms with E-state index in [1.807, 2.05) is 61.5 Å². The fraction of sp³-hybridized carbons (Fsp3) is 0.261. The first-order chi connectivity index (χ1) is 14.1. The Kier molecular flexibility index (Phi) is 6.79. The molecule has 0 spiro atoms. The highest BCUT2D eigenvalue weighted by Crippen LogP contribution is 2.30. The minimum absolute atomic E-state index is 0.110.